The molecule has 0 unspecified atom stereocenters. The molecule has 24 heavy (non-hydrogen) atoms. The molecule has 0 spiro atoms. The van der Waals surface area contributed by atoms with Crippen molar-refractivity contribution in [2.24, 2.45) is 0 Å². The van der Waals surface area contributed by atoms with E-state index in [9.17, 15) is 4.79 Å². The van der Waals surface area contributed by atoms with E-state index in [2.05, 4.69) is 15.2 Å². The summed E-state index contributed by atoms with van der Waals surface area (Å²) < 4.78 is 0. The van der Waals surface area contributed by atoms with E-state index in [0.717, 1.165) is 23.2 Å². The quantitative estimate of drug-likeness (QED) is 0.726. The van der Waals surface area contributed by atoms with Crippen LogP contribution in [-0.2, 0) is 6.42 Å². The average molecular weight is 318 g/mol. The van der Waals surface area contributed by atoms with Crippen molar-refractivity contribution in [1.82, 2.24) is 20.1 Å². The zero-order valence-electron chi connectivity index (χ0n) is 13.5. The first-order valence-corrected chi connectivity index (χ1v) is 7.77. The van der Waals surface area contributed by atoms with Crippen LogP contribution in [0, 0.1) is 0 Å². The van der Waals surface area contributed by atoms with Crippen LogP contribution in [0.3, 0.4) is 0 Å². The third-order valence-electron chi connectivity index (χ3n) is 3.79. The van der Waals surface area contributed by atoms with Crippen LogP contribution in [0.15, 0.2) is 67.0 Å². The number of carbonyl (C=O) groups excluding carboxylic acids is 1. The topological polar surface area (TPSA) is 59.0 Å². The second-order valence-corrected chi connectivity index (χ2v) is 5.50. The Balaban J connectivity index is 1.64. The molecular formula is C19H18N4O. The zero-order chi connectivity index (χ0) is 16.8. The van der Waals surface area contributed by atoms with Crippen LogP contribution in [0.1, 0.15) is 16.1 Å². The van der Waals surface area contributed by atoms with E-state index in [1.54, 1.807) is 30.4 Å². The summed E-state index contributed by atoms with van der Waals surface area (Å²) in [6, 6.07) is 17.2. The van der Waals surface area contributed by atoms with Crippen LogP contribution in [0.4, 0.5) is 0 Å². The van der Waals surface area contributed by atoms with Crippen molar-refractivity contribution in [3.05, 3.63) is 78.2 Å². The second kappa shape index (κ2) is 7.46. The molecule has 5 heteroatoms. The lowest BCUT2D eigenvalue weighted by Gasteiger charge is -2.16. The maximum absolute atomic E-state index is 12.4. The minimum absolute atomic E-state index is 0.129. The standard InChI is InChI=1S/C19H18N4O/c1-23(14-11-15-9-12-20-13-10-15)19(24)18-8-7-17(21-22-18)16-5-3-2-4-6-16/h2-10,12-13H,11,14H2,1H3. The predicted octanol–water partition coefficient (Wildman–Crippen LogP) is 2.85. The summed E-state index contributed by atoms with van der Waals surface area (Å²) in [4.78, 5) is 18.1. The number of hydrogen-bond donors (Lipinski definition) is 0. The molecular weight excluding hydrogens is 300 g/mol. The van der Waals surface area contributed by atoms with Gasteiger partial charge in [0.1, 0.15) is 0 Å². The van der Waals surface area contributed by atoms with Crippen LogP contribution in [0.5, 0.6) is 0 Å². The SMILES string of the molecule is CN(CCc1ccncc1)C(=O)c1ccc(-c2ccccc2)nn1. The molecule has 3 rings (SSSR count). The highest BCUT2D eigenvalue weighted by Crippen LogP contribution is 2.15. The highest BCUT2D eigenvalue weighted by atomic mass is 16.2. The molecule has 0 atom stereocenters. The van der Waals surface area contributed by atoms with E-state index < -0.39 is 0 Å². The van der Waals surface area contributed by atoms with Crippen LogP contribution >= 0.6 is 0 Å². The predicted molar refractivity (Wildman–Crippen MR) is 92.4 cm³/mol. The van der Waals surface area contributed by atoms with Crippen molar-refractivity contribution < 1.29 is 4.79 Å². The van der Waals surface area contributed by atoms with Gasteiger partial charge in [-0.05, 0) is 36.2 Å². The van der Waals surface area contributed by atoms with Crippen molar-refractivity contribution in [2.75, 3.05) is 13.6 Å². The summed E-state index contributed by atoms with van der Waals surface area (Å²) in [5.74, 6) is -0.129. The Morgan fingerprint density at radius 1 is 0.958 bits per heavy atom. The second-order valence-electron chi connectivity index (χ2n) is 5.50. The lowest BCUT2D eigenvalue weighted by atomic mass is 10.1. The van der Waals surface area contributed by atoms with Gasteiger partial charge in [0.25, 0.3) is 5.91 Å². The van der Waals surface area contributed by atoms with Gasteiger partial charge in [-0.25, -0.2) is 0 Å². The highest BCUT2D eigenvalue weighted by molar-refractivity contribution is 5.92. The first-order valence-electron chi connectivity index (χ1n) is 7.77. The molecule has 0 radical (unpaired) electrons. The van der Waals surface area contributed by atoms with Crippen molar-refractivity contribution in [3.8, 4) is 11.3 Å². The largest absolute Gasteiger partial charge is 0.340 e. The third kappa shape index (κ3) is 3.81. The smallest absolute Gasteiger partial charge is 0.274 e. The molecule has 3 aromatic rings. The van der Waals surface area contributed by atoms with Gasteiger partial charge in [-0.2, -0.15) is 0 Å². The van der Waals surface area contributed by atoms with Crippen molar-refractivity contribution >= 4 is 5.91 Å². The fourth-order valence-electron chi connectivity index (χ4n) is 2.35. The average Bonchev–Trinajstić information content (AvgIpc) is 2.67. The first-order chi connectivity index (χ1) is 11.7. The number of pyridine rings is 1. The molecule has 0 saturated carbocycles. The number of nitrogens with zero attached hydrogens (tertiary/aromatic N) is 4. The van der Waals surface area contributed by atoms with Gasteiger partial charge in [-0.3, -0.25) is 9.78 Å². The molecule has 2 aromatic heterocycles. The van der Waals surface area contributed by atoms with Gasteiger partial charge >= 0.3 is 0 Å². The fourth-order valence-corrected chi connectivity index (χ4v) is 2.35. The third-order valence-corrected chi connectivity index (χ3v) is 3.79. The molecule has 1 amide bonds. The zero-order valence-corrected chi connectivity index (χ0v) is 13.5. The molecule has 0 saturated heterocycles. The molecule has 0 bridgehead atoms. The maximum Gasteiger partial charge on any atom is 0.274 e. The molecule has 5 nitrogen and oxygen atoms in total. The Morgan fingerprint density at radius 3 is 2.38 bits per heavy atom. The van der Waals surface area contributed by atoms with Crippen molar-refractivity contribution in [1.29, 1.82) is 0 Å². The van der Waals surface area contributed by atoms with Gasteiger partial charge < -0.3 is 4.90 Å². The first kappa shape index (κ1) is 15.8. The van der Waals surface area contributed by atoms with Gasteiger partial charge in [0.2, 0.25) is 0 Å². The lowest BCUT2D eigenvalue weighted by Crippen LogP contribution is -2.29. The van der Waals surface area contributed by atoms with E-state index in [-0.39, 0.29) is 5.91 Å². The Kier molecular flexibility index (Phi) is 4.91. The summed E-state index contributed by atoms with van der Waals surface area (Å²) in [5, 5.41) is 8.24. The Bertz CT molecular complexity index is 789. The van der Waals surface area contributed by atoms with Gasteiger partial charge in [0.15, 0.2) is 5.69 Å². The minimum Gasteiger partial charge on any atom is -0.340 e. The fraction of sp³-hybridized carbons (Fsp3) is 0.158. The maximum atomic E-state index is 12.4. The molecule has 2 heterocycles. The van der Waals surface area contributed by atoms with Gasteiger partial charge in [-0.1, -0.05) is 30.3 Å². The number of likely N-dealkylation sites (N-methyl/N-ethyl adjacent to an activating group) is 1. The minimum atomic E-state index is -0.129. The number of aromatic nitrogens is 3. The monoisotopic (exact) mass is 318 g/mol. The van der Waals surface area contributed by atoms with Crippen LogP contribution in [0.25, 0.3) is 11.3 Å². The van der Waals surface area contributed by atoms with Crippen molar-refractivity contribution in [3.63, 3.8) is 0 Å². The summed E-state index contributed by atoms with van der Waals surface area (Å²) in [5.41, 5.74) is 3.24. The molecule has 0 N–H and O–H groups in total. The molecule has 0 aliphatic rings. The van der Waals surface area contributed by atoms with E-state index in [1.807, 2.05) is 48.5 Å². The summed E-state index contributed by atoms with van der Waals surface area (Å²) >= 11 is 0. The number of hydrogen-bond acceptors (Lipinski definition) is 4. The Hall–Kier alpha value is -3.08. The summed E-state index contributed by atoms with van der Waals surface area (Å²) in [7, 11) is 1.77. The van der Waals surface area contributed by atoms with E-state index >= 15 is 0 Å². The van der Waals surface area contributed by atoms with Crippen molar-refractivity contribution in [2.45, 2.75) is 6.42 Å². The summed E-state index contributed by atoms with van der Waals surface area (Å²) in [6.07, 6.45) is 4.29. The normalized spacial score (nSPS) is 10.4. The van der Waals surface area contributed by atoms with Gasteiger partial charge in [-0.15, -0.1) is 10.2 Å². The van der Waals surface area contributed by atoms with Crippen LogP contribution in [-0.4, -0.2) is 39.6 Å². The number of benzene rings is 1. The number of carbonyl (C=O) groups is 1. The Morgan fingerprint density at radius 2 is 1.71 bits per heavy atom. The molecule has 0 aliphatic heterocycles. The van der Waals surface area contributed by atoms with Gasteiger partial charge in [0.05, 0.1) is 5.69 Å². The summed E-state index contributed by atoms with van der Waals surface area (Å²) in [6.45, 7) is 0.616. The van der Waals surface area contributed by atoms with Crippen LogP contribution < -0.4 is 0 Å². The van der Waals surface area contributed by atoms with Crippen LogP contribution in [0.2, 0.25) is 0 Å². The van der Waals surface area contributed by atoms with Gasteiger partial charge in [0, 0.05) is 31.5 Å². The highest BCUT2D eigenvalue weighted by Gasteiger charge is 2.14. The lowest BCUT2D eigenvalue weighted by molar-refractivity contribution is 0.0789. The molecule has 0 fully saturated rings. The van der Waals surface area contributed by atoms with E-state index in [1.165, 1.54) is 0 Å². The molecule has 120 valence electrons. The molecule has 1 aromatic carbocycles. The number of rotatable bonds is 5. The Labute approximate surface area is 141 Å². The molecule has 0 aliphatic carbocycles. The van der Waals surface area contributed by atoms with E-state index in [4.69, 9.17) is 0 Å². The van der Waals surface area contributed by atoms with E-state index in [0.29, 0.717) is 12.2 Å². The number of amides is 1.